The van der Waals surface area contributed by atoms with Crippen LogP contribution in [0.3, 0.4) is 0 Å². The first-order chi connectivity index (χ1) is 11.6. The number of nitrogens with zero attached hydrogens (tertiary/aromatic N) is 1. The molecule has 2 atom stereocenters. The lowest BCUT2D eigenvalue weighted by Gasteiger charge is -2.20. The van der Waals surface area contributed by atoms with E-state index in [0.29, 0.717) is 12.0 Å². The van der Waals surface area contributed by atoms with Crippen molar-refractivity contribution in [3.63, 3.8) is 0 Å². The fraction of sp³-hybridized carbons (Fsp3) is 0.263. The zero-order valence-corrected chi connectivity index (χ0v) is 13.6. The van der Waals surface area contributed by atoms with Crippen molar-refractivity contribution in [2.24, 2.45) is 0 Å². The normalized spacial score (nSPS) is 12.7. The summed E-state index contributed by atoms with van der Waals surface area (Å²) in [6.45, 7) is 1.71. The standard InChI is InChI=1S/C19H21N3O2/c1-14(17-9-5-8-16(10-17)12-20)21-19(24)22-18(13-23)11-15-6-3-2-4-7-15/h2-10,14,18,23H,11,13H2,1H3,(H2,21,22,24). The maximum absolute atomic E-state index is 12.1. The molecule has 0 aromatic heterocycles. The van der Waals surface area contributed by atoms with Crippen LogP contribution in [0.4, 0.5) is 4.79 Å². The largest absolute Gasteiger partial charge is 0.394 e. The molecule has 5 heteroatoms. The lowest BCUT2D eigenvalue weighted by atomic mass is 10.1. The average molecular weight is 323 g/mol. The molecule has 124 valence electrons. The van der Waals surface area contributed by atoms with Crippen LogP contribution in [0.25, 0.3) is 0 Å². The Morgan fingerprint density at radius 1 is 1.17 bits per heavy atom. The minimum atomic E-state index is -0.356. The number of benzene rings is 2. The quantitative estimate of drug-likeness (QED) is 0.763. The van der Waals surface area contributed by atoms with Crippen molar-refractivity contribution >= 4 is 6.03 Å². The predicted octanol–water partition coefficient (Wildman–Crippen LogP) is 2.52. The summed E-state index contributed by atoms with van der Waals surface area (Å²) in [4.78, 5) is 12.1. The summed E-state index contributed by atoms with van der Waals surface area (Å²) in [5.41, 5.74) is 2.46. The lowest BCUT2D eigenvalue weighted by Crippen LogP contribution is -2.45. The number of rotatable bonds is 6. The second-order valence-corrected chi connectivity index (χ2v) is 5.65. The Hall–Kier alpha value is -2.84. The number of aliphatic hydroxyl groups is 1. The molecule has 0 radical (unpaired) electrons. The van der Waals surface area contributed by atoms with E-state index in [0.717, 1.165) is 11.1 Å². The molecule has 0 aliphatic heterocycles. The number of hydrogen-bond donors (Lipinski definition) is 3. The highest BCUT2D eigenvalue weighted by atomic mass is 16.3. The fourth-order valence-corrected chi connectivity index (χ4v) is 2.44. The van der Waals surface area contributed by atoms with Crippen molar-refractivity contribution in [1.82, 2.24) is 10.6 Å². The highest BCUT2D eigenvalue weighted by molar-refractivity contribution is 5.74. The molecule has 0 aliphatic carbocycles. The van der Waals surface area contributed by atoms with Crippen molar-refractivity contribution in [2.45, 2.75) is 25.4 Å². The molecule has 0 saturated heterocycles. The summed E-state index contributed by atoms with van der Waals surface area (Å²) in [6.07, 6.45) is 0.559. The van der Waals surface area contributed by atoms with Gasteiger partial charge >= 0.3 is 6.03 Å². The minimum absolute atomic E-state index is 0.138. The molecule has 0 aliphatic rings. The molecule has 2 rings (SSSR count). The maximum Gasteiger partial charge on any atom is 0.315 e. The van der Waals surface area contributed by atoms with Gasteiger partial charge in [0.05, 0.1) is 30.3 Å². The molecule has 24 heavy (non-hydrogen) atoms. The molecule has 2 amide bonds. The van der Waals surface area contributed by atoms with Crippen LogP contribution in [0.15, 0.2) is 54.6 Å². The molecule has 0 heterocycles. The van der Waals surface area contributed by atoms with Gasteiger partial charge in [-0.2, -0.15) is 5.26 Å². The third-order valence-electron chi connectivity index (χ3n) is 3.74. The van der Waals surface area contributed by atoms with Crippen molar-refractivity contribution < 1.29 is 9.90 Å². The SMILES string of the molecule is CC(NC(=O)NC(CO)Cc1ccccc1)c1cccc(C#N)c1. The molecule has 0 saturated carbocycles. The number of hydrogen-bond acceptors (Lipinski definition) is 3. The summed E-state index contributed by atoms with van der Waals surface area (Å²) in [6, 6.07) is 17.9. The van der Waals surface area contributed by atoms with Gasteiger partial charge in [-0.1, -0.05) is 42.5 Å². The fourth-order valence-electron chi connectivity index (χ4n) is 2.44. The number of carbonyl (C=O) groups excluding carboxylic acids is 1. The monoisotopic (exact) mass is 323 g/mol. The van der Waals surface area contributed by atoms with E-state index in [2.05, 4.69) is 16.7 Å². The van der Waals surface area contributed by atoms with Gasteiger partial charge in [-0.25, -0.2) is 4.79 Å². The van der Waals surface area contributed by atoms with E-state index < -0.39 is 0 Å². The number of carbonyl (C=O) groups is 1. The summed E-state index contributed by atoms with van der Waals surface area (Å²) in [7, 11) is 0. The Bertz CT molecular complexity index is 710. The summed E-state index contributed by atoms with van der Waals surface area (Å²) < 4.78 is 0. The summed E-state index contributed by atoms with van der Waals surface area (Å²) in [5, 5.41) is 24.0. The number of nitriles is 1. The third kappa shape index (κ3) is 5.11. The Kier molecular flexibility index (Phi) is 6.35. The van der Waals surface area contributed by atoms with E-state index in [-0.39, 0.29) is 24.7 Å². The second kappa shape index (κ2) is 8.70. The van der Waals surface area contributed by atoms with Crippen molar-refractivity contribution in [2.75, 3.05) is 6.61 Å². The average Bonchev–Trinajstić information content (AvgIpc) is 2.62. The van der Waals surface area contributed by atoms with Crippen LogP contribution in [-0.2, 0) is 6.42 Å². The Balaban J connectivity index is 1.92. The van der Waals surface area contributed by atoms with Gasteiger partial charge in [-0.15, -0.1) is 0 Å². The first-order valence-corrected chi connectivity index (χ1v) is 7.84. The zero-order valence-electron chi connectivity index (χ0n) is 13.6. The van der Waals surface area contributed by atoms with Crippen LogP contribution in [0.5, 0.6) is 0 Å². The van der Waals surface area contributed by atoms with Gasteiger partial charge in [-0.3, -0.25) is 0 Å². The van der Waals surface area contributed by atoms with Crippen LogP contribution < -0.4 is 10.6 Å². The molecular formula is C19H21N3O2. The highest BCUT2D eigenvalue weighted by Gasteiger charge is 2.15. The maximum atomic E-state index is 12.1. The Labute approximate surface area is 141 Å². The van der Waals surface area contributed by atoms with E-state index in [1.165, 1.54) is 0 Å². The van der Waals surface area contributed by atoms with Crippen LogP contribution in [0.2, 0.25) is 0 Å². The van der Waals surface area contributed by atoms with Crippen LogP contribution >= 0.6 is 0 Å². The Morgan fingerprint density at radius 3 is 2.58 bits per heavy atom. The van der Waals surface area contributed by atoms with Gasteiger partial charge in [0.25, 0.3) is 0 Å². The number of nitrogens with one attached hydrogen (secondary N) is 2. The predicted molar refractivity (Wildman–Crippen MR) is 92.3 cm³/mol. The van der Waals surface area contributed by atoms with E-state index in [1.54, 1.807) is 18.2 Å². The van der Waals surface area contributed by atoms with Crippen LogP contribution in [-0.4, -0.2) is 23.8 Å². The van der Waals surface area contributed by atoms with E-state index >= 15 is 0 Å². The second-order valence-electron chi connectivity index (χ2n) is 5.65. The summed E-state index contributed by atoms with van der Waals surface area (Å²) in [5.74, 6) is 0. The van der Waals surface area contributed by atoms with Gasteiger partial charge in [0.1, 0.15) is 0 Å². The number of aliphatic hydroxyl groups excluding tert-OH is 1. The van der Waals surface area contributed by atoms with Gasteiger partial charge in [0.15, 0.2) is 0 Å². The molecule has 3 N–H and O–H groups in total. The van der Waals surface area contributed by atoms with Gasteiger partial charge in [0.2, 0.25) is 0 Å². The molecule has 5 nitrogen and oxygen atoms in total. The topological polar surface area (TPSA) is 85.2 Å². The minimum Gasteiger partial charge on any atom is -0.394 e. The first-order valence-electron chi connectivity index (χ1n) is 7.84. The first kappa shape index (κ1) is 17.5. The molecule has 0 spiro atoms. The van der Waals surface area contributed by atoms with E-state index in [1.807, 2.05) is 43.3 Å². The molecular weight excluding hydrogens is 302 g/mol. The van der Waals surface area contributed by atoms with Gasteiger partial charge < -0.3 is 15.7 Å². The van der Waals surface area contributed by atoms with Crippen LogP contribution in [0, 0.1) is 11.3 Å². The number of amides is 2. The van der Waals surface area contributed by atoms with E-state index in [4.69, 9.17) is 5.26 Å². The molecule has 2 aromatic carbocycles. The lowest BCUT2D eigenvalue weighted by molar-refractivity contribution is 0.213. The smallest absolute Gasteiger partial charge is 0.315 e. The van der Waals surface area contributed by atoms with Crippen molar-refractivity contribution in [1.29, 1.82) is 5.26 Å². The van der Waals surface area contributed by atoms with Crippen molar-refractivity contribution in [3.8, 4) is 6.07 Å². The number of urea groups is 1. The molecule has 0 bridgehead atoms. The van der Waals surface area contributed by atoms with Crippen molar-refractivity contribution in [3.05, 3.63) is 71.3 Å². The Morgan fingerprint density at radius 2 is 1.92 bits per heavy atom. The van der Waals surface area contributed by atoms with Gasteiger partial charge in [0, 0.05) is 0 Å². The zero-order chi connectivity index (χ0) is 17.4. The summed E-state index contributed by atoms with van der Waals surface area (Å²) >= 11 is 0. The van der Waals surface area contributed by atoms with E-state index in [9.17, 15) is 9.90 Å². The van der Waals surface area contributed by atoms with Crippen LogP contribution in [0.1, 0.15) is 29.7 Å². The molecule has 2 aromatic rings. The molecule has 0 fully saturated rings. The highest BCUT2D eigenvalue weighted by Crippen LogP contribution is 2.13. The van der Waals surface area contributed by atoms with Gasteiger partial charge in [-0.05, 0) is 36.6 Å². The third-order valence-corrected chi connectivity index (χ3v) is 3.74. The molecule has 2 unspecified atom stereocenters.